The van der Waals surface area contributed by atoms with Crippen molar-refractivity contribution in [1.29, 1.82) is 0 Å². The zero-order valence-electron chi connectivity index (χ0n) is 20.9. The number of alkyl halides is 3. The first-order valence-electron chi connectivity index (χ1n) is 12.6. The maximum atomic E-state index is 13.6. The Labute approximate surface area is 214 Å². The van der Waals surface area contributed by atoms with E-state index >= 15 is 0 Å². The third-order valence-corrected chi connectivity index (χ3v) is 6.73. The number of anilines is 1. The van der Waals surface area contributed by atoms with E-state index in [1.165, 1.54) is 17.2 Å². The SMILES string of the molecule is CCN1CCOc2c(NCC(=O)N(CCN3CCCC3)Cc3ncccc3C(F)(F)F)cccc2C1=O. The molecule has 1 aromatic heterocycles. The normalized spacial score (nSPS) is 16.2. The average Bonchev–Trinajstić information content (AvgIpc) is 3.35. The van der Waals surface area contributed by atoms with Gasteiger partial charge >= 0.3 is 6.18 Å². The van der Waals surface area contributed by atoms with Gasteiger partial charge in [0.1, 0.15) is 6.61 Å². The first kappa shape index (κ1) is 26.7. The highest BCUT2D eigenvalue weighted by molar-refractivity contribution is 5.99. The van der Waals surface area contributed by atoms with Crippen LogP contribution in [0.15, 0.2) is 36.5 Å². The van der Waals surface area contributed by atoms with Crippen LogP contribution in [0.5, 0.6) is 5.75 Å². The van der Waals surface area contributed by atoms with E-state index in [-0.39, 0.29) is 37.1 Å². The summed E-state index contributed by atoms with van der Waals surface area (Å²) in [6.45, 7) is 5.48. The van der Waals surface area contributed by atoms with Crippen molar-refractivity contribution >= 4 is 17.5 Å². The molecule has 0 bridgehead atoms. The van der Waals surface area contributed by atoms with Crippen molar-refractivity contribution in [3.05, 3.63) is 53.3 Å². The van der Waals surface area contributed by atoms with Crippen molar-refractivity contribution in [3.8, 4) is 5.75 Å². The second-order valence-corrected chi connectivity index (χ2v) is 9.13. The molecule has 2 aromatic rings. The number of pyridine rings is 1. The number of ether oxygens (including phenoxy) is 1. The van der Waals surface area contributed by atoms with Gasteiger partial charge in [0, 0.05) is 25.8 Å². The van der Waals surface area contributed by atoms with E-state index in [1.807, 2.05) is 6.92 Å². The Kier molecular flexibility index (Phi) is 8.52. The highest BCUT2D eigenvalue weighted by atomic mass is 19.4. The van der Waals surface area contributed by atoms with Crippen LogP contribution in [0.2, 0.25) is 0 Å². The Morgan fingerprint density at radius 3 is 2.68 bits per heavy atom. The van der Waals surface area contributed by atoms with Gasteiger partial charge in [-0.1, -0.05) is 6.07 Å². The van der Waals surface area contributed by atoms with Crippen molar-refractivity contribution in [1.82, 2.24) is 19.7 Å². The van der Waals surface area contributed by atoms with Crippen molar-refractivity contribution in [2.75, 3.05) is 57.7 Å². The summed E-state index contributed by atoms with van der Waals surface area (Å²) in [7, 11) is 0. The predicted octanol–water partition coefficient (Wildman–Crippen LogP) is 3.49. The first-order chi connectivity index (χ1) is 17.8. The monoisotopic (exact) mass is 519 g/mol. The van der Waals surface area contributed by atoms with E-state index in [0.717, 1.165) is 32.0 Å². The number of likely N-dealkylation sites (N-methyl/N-ethyl adjacent to an activating group) is 1. The minimum Gasteiger partial charge on any atom is -0.489 e. The number of benzene rings is 1. The maximum absolute atomic E-state index is 13.6. The molecule has 4 rings (SSSR count). The molecule has 1 fully saturated rings. The number of fused-ring (bicyclic) bond motifs is 1. The van der Waals surface area contributed by atoms with Gasteiger partial charge in [-0.05, 0) is 57.1 Å². The van der Waals surface area contributed by atoms with E-state index in [0.29, 0.717) is 43.2 Å². The Morgan fingerprint density at radius 2 is 1.95 bits per heavy atom. The van der Waals surface area contributed by atoms with E-state index in [4.69, 9.17) is 4.74 Å². The molecule has 2 amide bonds. The van der Waals surface area contributed by atoms with Gasteiger partial charge in [0.05, 0.1) is 42.1 Å². The number of rotatable bonds is 9. The van der Waals surface area contributed by atoms with Crippen LogP contribution in [0.1, 0.15) is 41.4 Å². The Balaban J connectivity index is 1.51. The van der Waals surface area contributed by atoms with Gasteiger partial charge in [-0.15, -0.1) is 0 Å². The van der Waals surface area contributed by atoms with Crippen LogP contribution >= 0.6 is 0 Å². The number of carbonyl (C=O) groups is 2. The summed E-state index contributed by atoms with van der Waals surface area (Å²) < 4.78 is 46.6. The minimum atomic E-state index is -4.57. The fraction of sp³-hybridized carbons (Fsp3) is 0.500. The van der Waals surface area contributed by atoms with Crippen LogP contribution in [0, 0.1) is 0 Å². The van der Waals surface area contributed by atoms with Gasteiger partial charge in [0.25, 0.3) is 5.91 Å². The summed E-state index contributed by atoms with van der Waals surface area (Å²) in [5, 5.41) is 3.05. The zero-order chi connectivity index (χ0) is 26.4. The number of nitrogens with one attached hydrogen (secondary N) is 1. The highest BCUT2D eigenvalue weighted by Crippen LogP contribution is 2.33. The molecule has 3 heterocycles. The Hall–Kier alpha value is -3.34. The number of hydrogen-bond donors (Lipinski definition) is 1. The largest absolute Gasteiger partial charge is 0.489 e. The van der Waals surface area contributed by atoms with Crippen molar-refractivity contribution in [2.24, 2.45) is 0 Å². The molecule has 0 spiro atoms. The molecule has 0 radical (unpaired) electrons. The molecule has 1 saturated heterocycles. The molecule has 0 unspecified atom stereocenters. The molecule has 0 saturated carbocycles. The number of halogens is 3. The standard InChI is InChI=1S/C26H32F3N5O3/c1-2-33-15-16-37-24-19(25(33)36)7-5-9-21(24)31-17-23(35)34(14-13-32-11-3-4-12-32)18-22-20(26(27,28)29)8-6-10-30-22/h5-10,31H,2-4,11-18H2,1H3. The number of hydrogen-bond acceptors (Lipinski definition) is 6. The van der Waals surface area contributed by atoms with Crippen LogP contribution < -0.4 is 10.1 Å². The molecular weight excluding hydrogens is 487 g/mol. The fourth-order valence-electron chi connectivity index (χ4n) is 4.68. The van der Waals surface area contributed by atoms with Crippen molar-refractivity contribution < 1.29 is 27.5 Å². The molecule has 0 atom stereocenters. The topological polar surface area (TPSA) is 78.0 Å². The Bertz CT molecular complexity index is 1110. The van der Waals surface area contributed by atoms with Crippen LogP contribution in [0.25, 0.3) is 0 Å². The predicted molar refractivity (Wildman–Crippen MR) is 132 cm³/mol. The fourth-order valence-corrected chi connectivity index (χ4v) is 4.68. The van der Waals surface area contributed by atoms with Crippen molar-refractivity contribution in [3.63, 3.8) is 0 Å². The molecule has 8 nitrogen and oxygen atoms in total. The minimum absolute atomic E-state index is 0.146. The van der Waals surface area contributed by atoms with E-state index in [2.05, 4.69) is 15.2 Å². The molecule has 37 heavy (non-hydrogen) atoms. The van der Waals surface area contributed by atoms with E-state index in [1.54, 1.807) is 23.1 Å². The molecule has 0 aliphatic carbocycles. The summed E-state index contributed by atoms with van der Waals surface area (Å²) in [6.07, 6.45) is -1.12. The lowest BCUT2D eigenvalue weighted by Crippen LogP contribution is -2.40. The number of nitrogens with zero attached hydrogens (tertiary/aromatic N) is 4. The molecule has 1 N–H and O–H groups in total. The summed E-state index contributed by atoms with van der Waals surface area (Å²) in [5.74, 6) is -0.137. The summed E-state index contributed by atoms with van der Waals surface area (Å²) >= 11 is 0. The summed E-state index contributed by atoms with van der Waals surface area (Å²) in [6, 6.07) is 7.33. The molecule has 200 valence electrons. The third-order valence-electron chi connectivity index (χ3n) is 6.73. The second kappa shape index (κ2) is 11.8. The third kappa shape index (κ3) is 6.51. The quantitative estimate of drug-likeness (QED) is 0.547. The maximum Gasteiger partial charge on any atom is 0.418 e. The molecule has 11 heteroatoms. The van der Waals surface area contributed by atoms with E-state index in [9.17, 15) is 22.8 Å². The first-order valence-corrected chi connectivity index (χ1v) is 12.6. The average molecular weight is 520 g/mol. The zero-order valence-corrected chi connectivity index (χ0v) is 20.9. The van der Waals surface area contributed by atoms with Crippen LogP contribution in [-0.2, 0) is 17.5 Å². The van der Waals surface area contributed by atoms with Gasteiger partial charge in [0.2, 0.25) is 5.91 Å². The summed E-state index contributed by atoms with van der Waals surface area (Å²) in [4.78, 5) is 35.4. The summed E-state index contributed by atoms with van der Waals surface area (Å²) in [5.41, 5.74) is -0.133. The van der Waals surface area contributed by atoms with Crippen LogP contribution in [0.3, 0.4) is 0 Å². The number of carbonyl (C=O) groups excluding carboxylic acids is 2. The van der Waals surface area contributed by atoms with E-state index < -0.39 is 11.7 Å². The number of likely N-dealkylation sites (tertiary alicyclic amines) is 1. The molecule has 2 aliphatic heterocycles. The lowest BCUT2D eigenvalue weighted by molar-refractivity contribution is -0.140. The van der Waals surface area contributed by atoms with Gasteiger partial charge in [-0.3, -0.25) is 14.6 Å². The lowest BCUT2D eigenvalue weighted by Gasteiger charge is -2.27. The van der Waals surface area contributed by atoms with Gasteiger partial charge in [-0.2, -0.15) is 13.2 Å². The van der Waals surface area contributed by atoms with Gasteiger partial charge in [0.15, 0.2) is 5.75 Å². The van der Waals surface area contributed by atoms with Crippen LogP contribution in [-0.4, -0.2) is 83.9 Å². The molecule has 2 aliphatic rings. The Morgan fingerprint density at radius 1 is 1.16 bits per heavy atom. The number of amides is 2. The van der Waals surface area contributed by atoms with Gasteiger partial charge < -0.3 is 24.8 Å². The second-order valence-electron chi connectivity index (χ2n) is 9.13. The highest BCUT2D eigenvalue weighted by Gasteiger charge is 2.34. The number of para-hydroxylation sites is 1. The molecule has 1 aromatic carbocycles. The molecular formula is C26H32F3N5O3. The van der Waals surface area contributed by atoms with Gasteiger partial charge in [-0.25, -0.2) is 0 Å². The smallest absolute Gasteiger partial charge is 0.418 e. The van der Waals surface area contributed by atoms with Crippen molar-refractivity contribution in [2.45, 2.75) is 32.5 Å². The van der Waals surface area contributed by atoms with Crippen LogP contribution in [0.4, 0.5) is 18.9 Å². The lowest BCUT2D eigenvalue weighted by atomic mass is 10.1. The number of aromatic nitrogens is 1.